The smallest absolute Gasteiger partial charge is 0.207 e. The van der Waals surface area contributed by atoms with E-state index in [4.69, 9.17) is 11.6 Å². The van der Waals surface area contributed by atoms with E-state index in [0.717, 1.165) is 6.07 Å². The van der Waals surface area contributed by atoms with E-state index in [-0.39, 0.29) is 5.56 Å². The van der Waals surface area contributed by atoms with Gasteiger partial charge in [-0.1, -0.05) is 30.3 Å². The second kappa shape index (κ2) is 5.21. The monoisotopic (exact) mass is 288 g/mol. The van der Waals surface area contributed by atoms with Crippen molar-refractivity contribution in [2.24, 2.45) is 0 Å². The summed E-state index contributed by atoms with van der Waals surface area (Å²) in [5, 5.41) is -0.974. The fourth-order valence-electron chi connectivity index (χ4n) is 1.79. The average Bonchev–Trinajstić information content (AvgIpc) is 2.38. The molecule has 1 atom stereocenters. The van der Waals surface area contributed by atoms with Crippen molar-refractivity contribution in [1.82, 2.24) is 0 Å². The van der Waals surface area contributed by atoms with Gasteiger partial charge in [-0.15, -0.1) is 11.6 Å². The van der Waals surface area contributed by atoms with Crippen molar-refractivity contribution < 1.29 is 17.6 Å². The number of alkyl halides is 4. The highest BCUT2D eigenvalue weighted by molar-refractivity contribution is 6.22. The lowest BCUT2D eigenvalue weighted by atomic mass is 9.99. The Hall–Kier alpha value is -1.55. The van der Waals surface area contributed by atoms with Gasteiger partial charge in [0.15, 0.2) is 0 Å². The molecule has 0 N–H and O–H groups in total. The van der Waals surface area contributed by atoms with Crippen molar-refractivity contribution >= 4 is 11.6 Å². The lowest BCUT2D eigenvalue weighted by Crippen LogP contribution is -2.10. The van der Waals surface area contributed by atoms with Crippen molar-refractivity contribution in [2.75, 3.05) is 0 Å². The van der Waals surface area contributed by atoms with Gasteiger partial charge in [0.1, 0.15) is 5.82 Å². The van der Waals surface area contributed by atoms with E-state index >= 15 is 0 Å². The van der Waals surface area contributed by atoms with E-state index in [1.807, 2.05) is 0 Å². The predicted octanol–water partition coefficient (Wildman–Crippen LogP) is 5.17. The third-order valence-corrected chi connectivity index (χ3v) is 3.19. The Balaban J connectivity index is 2.44. The van der Waals surface area contributed by atoms with Crippen LogP contribution in [0, 0.1) is 5.82 Å². The minimum atomic E-state index is -4.47. The SMILES string of the molecule is Fc1ccc(C(Cl)c2ccccc2C(F)(F)F)cc1. The first-order chi connectivity index (χ1) is 8.89. The molecule has 0 spiro atoms. The molecule has 19 heavy (non-hydrogen) atoms. The number of hydrogen-bond donors (Lipinski definition) is 0. The molecule has 0 fully saturated rings. The van der Waals surface area contributed by atoms with E-state index in [0.29, 0.717) is 5.56 Å². The highest BCUT2D eigenvalue weighted by Gasteiger charge is 2.34. The highest BCUT2D eigenvalue weighted by atomic mass is 35.5. The first-order valence-corrected chi connectivity index (χ1v) is 5.89. The van der Waals surface area contributed by atoms with Crippen LogP contribution >= 0.6 is 11.6 Å². The molecule has 2 aromatic carbocycles. The molecular weight excluding hydrogens is 280 g/mol. The van der Waals surface area contributed by atoms with Crippen LogP contribution in [0.4, 0.5) is 17.6 Å². The van der Waals surface area contributed by atoms with E-state index < -0.39 is 22.9 Å². The lowest BCUT2D eigenvalue weighted by molar-refractivity contribution is -0.138. The van der Waals surface area contributed by atoms with Crippen LogP contribution in [0.5, 0.6) is 0 Å². The number of benzene rings is 2. The molecule has 1 unspecified atom stereocenters. The summed E-state index contributed by atoms with van der Waals surface area (Å²) >= 11 is 6.07. The Morgan fingerprint density at radius 2 is 1.47 bits per heavy atom. The normalized spacial score (nSPS) is 13.3. The van der Waals surface area contributed by atoms with Gasteiger partial charge in [0.2, 0.25) is 0 Å². The molecule has 0 heterocycles. The van der Waals surface area contributed by atoms with E-state index in [9.17, 15) is 17.6 Å². The third-order valence-electron chi connectivity index (χ3n) is 2.70. The minimum absolute atomic E-state index is 0.0386. The minimum Gasteiger partial charge on any atom is -0.207 e. The van der Waals surface area contributed by atoms with Crippen LogP contribution in [0.25, 0.3) is 0 Å². The van der Waals surface area contributed by atoms with E-state index in [2.05, 4.69) is 0 Å². The van der Waals surface area contributed by atoms with Crippen LogP contribution in [0.15, 0.2) is 48.5 Å². The van der Waals surface area contributed by atoms with E-state index in [1.54, 1.807) is 0 Å². The van der Waals surface area contributed by atoms with E-state index in [1.165, 1.54) is 42.5 Å². The Bertz CT molecular complexity index is 560. The molecule has 5 heteroatoms. The molecule has 2 rings (SSSR count). The number of rotatable bonds is 2. The summed E-state index contributed by atoms with van der Waals surface area (Å²) < 4.78 is 51.4. The molecule has 2 aromatic rings. The summed E-state index contributed by atoms with van der Waals surface area (Å²) in [6.45, 7) is 0. The molecule has 0 aliphatic heterocycles. The summed E-state index contributed by atoms with van der Waals surface area (Å²) in [4.78, 5) is 0. The first kappa shape index (κ1) is 13.9. The van der Waals surface area contributed by atoms with Crippen molar-refractivity contribution in [1.29, 1.82) is 0 Å². The van der Waals surface area contributed by atoms with Crippen molar-refractivity contribution in [3.05, 3.63) is 71.0 Å². The number of halogens is 5. The predicted molar refractivity (Wildman–Crippen MR) is 65.5 cm³/mol. The van der Waals surface area contributed by atoms with Gasteiger partial charge in [-0.05, 0) is 29.3 Å². The molecule has 0 nitrogen and oxygen atoms in total. The van der Waals surface area contributed by atoms with Gasteiger partial charge in [0, 0.05) is 0 Å². The van der Waals surface area contributed by atoms with Crippen LogP contribution < -0.4 is 0 Å². The summed E-state index contributed by atoms with van der Waals surface area (Å²) in [6, 6.07) is 10.2. The quantitative estimate of drug-likeness (QED) is 0.528. The highest BCUT2D eigenvalue weighted by Crippen LogP contribution is 2.39. The zero-order chi connectivity index (χ0) is 14.0. The van der Waals surface area contributed by atoms with Gasteiger partial charge in [-0.2, -0.15) is 13.2 Å². The van der Waals surface area contributed by atoms with Gasteiger partial charge in [0.05, 0.1) is 10.9 Å². The standard InChI is InChI=1S/C14H9ClF4/c15-13(9-5-7-10(16)8-6-9)11-3-1-2-4-12(11)14(17,18)19/h1-8,13H. The Kier molecular flexibility index (Phi) is 3.80. The molecule has 0 radical (unpaired) electrons. The lowest BCUT2D eigenvalue weighted by Gasteiger charge is -2.17. The maximum Gasteiger partial charge on any atom is 0.416 e. The summed E-state index contributed by atoms with van der Waals surface area (Å²) in [7, 11) is 0. The molecule has 0 aliphatic carbocycles. The fraction of sp³-hybridized carbons (Fsp3) is 0.143. The summed E-state index contributed by atoms with van der Waals surface area (Å²) in [5.41, 5.74) is -0.401. The van der Waals surface area contributed by atoms with Crippen LogP contribution in [0.3, 0.4) is 0 Å². The largest absolute Gasteiger partial charge is 0.416 e. The van der Waals surface area contributed by atoms with Crippen LogP contribution in [0.1, 0.15) is 22.1 Å². The first-order valence-electron chi connectivity index (χ1n) is 5.45. The molecule has 0 aromatic heterocycles. The molecule has 0 bridgehead atoms. The number of hydrogen-bond acceptors (Lipinski definition) is 0. The van der Waals surface area contributed by atoms with Gasteiger partial charge in [-0.3, -0.25) is 0 Å². The average molecular weight is 289 g/mol. The van der Waals surface area contributed by atoms with Gasteiger partial charge in [0.25, 0.3) is 0 Å². The Morgan fingerprint density at radius 3 is 2.05 bits per heavy atom. The van der Waals surface area contributed by atoms with Crippen molar-refractivity contribution in [3.63, 3.8) is 0 Å². The fourth-order valence-corrected chi connectivity index (χ4v) is 2.12. The van der Waals surface area contributed by atoms with Crippen LogP contribution in [-0.2, 0) is 6.18 Å². The molecule has 100 valence electrons. The Morgan fingerprint density at radius 1 is 0.895 bits per heavy atom. The summed E-state index contributed by atoms with van der Waals surface area (Å²) in [6.07, 6.45) is -4.47. The van der Waals surface area contributed by atoms with Gasteiger partial charge < -0.3 is 0 Å². The topological polar surface area (TPSA) is 0 Å². The molecule has 0 aliphatic rings. The zero-order valence-electron chi connectivity index (χ0n) is 9.59. The molecule has 0 saturated heterocycles. The molecule has 0 amide bonds. The van der Waals surface area contributed by atoms with Gasteiger partial charge in [-0.25, -0.2) is 4.39 Å². The zero-order valence-corrected chi connectivity index (χ0v) is 10.3. The van der Waals surface area contributed by atoms with Crippen LogP contribution in [-0.4, -0.2) is 0 Å². The Labute approximate surface area is 112 Å². The van der Waals surface area contributed by atoms with Crippen molar-refractivity contribution in [3.8, 4) is 0 Å². The second-order valence-electron chi connectivity index (χ2n) is 4.00. The molecular formula is C14H9ClF4. The third kappa shape index (κ3) is 3.07. The van der Waals surface area contributed by atoms with Crippen LogP contribution in [0.2, 0.25) is 0 Å². The second-order valence-corrected chi connectivity index (χ2v) is 4.44. The van der Waals surface area contributed by atoms with Gasteiger partial charge >= 0.3 is 6.18 Å². The van der Waals surface area contributed by atoms with Crippen molar-refractivity contribution in [2.45, 2.75) is 11.6 Å². The maximum absolute atomic E-state index is 12.9. The maximum atomic E-state index is 12.9. The molecule has 0 saturated carbocycles. The summed E-state index contributed by atoms with van der Waals surface area (Å²) in [5.74, 6) is -0.461.